The van der Waals surface area contributed by atoms with Crippen LogP contribution in [0.15, 0.2) is 12.3 Å². The third kappa shape index (κ3) is 2.03. The number of hydrogen-bond acceptors (Lipinski definition) is 3. The molecule has 23 heavy (non-hydrogen) atoms. The molecule has 0 aliphatic heterocycles. The second kappa shape index (κ2) is 4.83. The smallest absolute Gasteiger partial charge is 0.339 e. The zero-order valence-corrected chi connectivity index (χ0v) is 14.0. The van der Waals surface area contributed by atoms with Crippen LogP contribution in [0.1, 0.15) is 55.2 Å². The highest BCUT2D eigenvalue weighted by Crippen LogP contribution is 2.61. The van der Waals surface area contributed by atoms with Crippen LogP contribution in [0.4, 0.5) is 5.69 Å². The number of nitrogens with zero attached hydrogens (tertiary/aromatic N) is 1. The number of carboxylic acids is 1. The van der Waals surface area contributed by atoms with Crippen molar-refractivity contribution in [1.82, 2.24) is 4.98 Å². The van der Waals surface area contributed by atoms with Gasteiger partial charge in [0.25, 0.3) is 0 Å². The summed E-state index contributed by atoms with van der Waals surface area (Å²) in [5, 5.41) is 13.1. The Hall–Kier alpha value is -1.84. The van der Waals surface area contributed by atoms with Crippen LogP contribution >= 0.6 is 0 Å². The summed E-state index contributed by atoms with van der Waals surface area (Å²) in [7, 11) is 0. The van der Waals surface area contributed by atoms with Crippen molar-refractivity contribution in [3.8, 4) is 0 Å². The normalized spacial score (nSPS) is 33.0. The molecule has 122 valence electrons. The van der Waals surface area contributed by atoms with E-state index in [2.05, 4.69) is 37.1 Å². The highest BCUT2D eigenvalue weighted by Gasteiger charge is 2.56. The molecule has 4 heteroatoms. The molecule has 1 aromatic rings. The van der Waals surface area contributed by atoms with E-state index in [-0.39, 0.29) is 0 Å². The zero-order valence-electron chi connectivity index (χ0n) is 14.0. The third-order valence-corrected chi connectivity index (χ3v) is 6.71. The minimum Gasteiger partial charge on any atom is -0.478 e. The Morgan fingerprint density at radius 3 is 2.83 bits per heavy atom. The average molecular weight is 312 g/mol. The Labute approximate surface area is 137 Å². The highest BCUT2D eigenvalue weighted by molar-refractivity contribution is 5.97. The summed E-state index contributed by atoms with van der Waals surface area (Å²) < 4.78 is 0. The summed E-state index contributed by atoms with van der Waals surface area (Å²) >= 11 is 0. The second-order valence-corrected chi connectivity index (χ2v) is 8.03. The Balaban J connectivity index is 1.66. The Bertz CT molecular complexity index is 708. The molecule has 0 amide bonds. The number of allylic oxidation sites excluding steroid dienone is 1. The molecule has 4 aliphatic rings. The van der Waals surface area contributed by atoms with Gasteiger partial charge in [-0.25, -0.2) is 4.79 Å². The number of carbonyl (C=O) groups is 1. The molecular formula is C19H24N2O2. The Morgan fingerprint density at radius 1 is 1.39 bits per heavy atom. The number of aromatic carboxylic acids is 1. The van der Waals surface area contributed by atoms with Gasteiger partial charge in [-0.1, -0.05) is 32.9 Å². The Kier molecular flexibility index (Phi) is 3.09. The summed E-state index contributed by atoms with van der Waals surface area (Å²) in [5.41, 5.74) is 3.45. The lowest BCUT2D eigenvalue weighted by atomic mass is 9.44. The number of nitrogens with one attached hydrogen (secondary N) is 1. The number of anilines is 1. The van der Waals surface area contributed by atoms with Crippen molar-refractivity contribution in [3.63, 3.8) is 0 Å². The van der Waals surface area contributed by atoms with Crippen LogP contribution in [0.2, 0.25) is 0 Å². The number of rotatable bonds is 3. The molecule has 0 spiro atoms. The lowest BCUT2D eigenvalue weighted by Gasteiger charge is -2.62. The van der Waals surface area contributed by atoms with Gasteiger partial charge in [0.15, 0.2) is 0 Å². The SMILES string of the molecule is C[C@H]1[C@H](Nc2c(C(=O)O)cnc3c2C=CC3)C[C@H]2C[C@@H]1C2(C)C. The monoisotopic (exact) mass is 312 g/mol. The first-order chi connectivity index (χ1) is 10.9. The van der Waals surface area contributed by atoms with Crippen LogP contribution in [0.25, 0.3) is 6.08 Å². The molecular weight excluding hydrogens is 288 g/mol. The first-order valence-corrected chi connectivity index (χ1v) is 8.58. The van der Waals surface area contributed by atoms with Gasteiger partial charge in [-0.05, 0) is 36.0 Å². The van der Waals surface area contributed by atoms with E-state index in [0.29, 0.717) is 22.9 Å². The van der Waals surface area contributed by atoms with Crippen LogP contribution in [0, 0.1) is 23.2 Å². The molecule has 0 radical (unpaired) electrons. The molecule has 4 aliphatic carbocycles. The maximum Gasteiger partial charge on any atom is 0.339 e. The number of aromatic nitrogens is 1. The fourth-order valence-corrected chi connectivity index (χ4v) is 5.04. The lowest BCUT2D eigenvalue weighted by molar-refractivity contribution is -0.105. The molecule has 1 aromatic heterocycles. The van der Waals surface area contributed by atoms with Crippen molar-refractivity contribution in [2.45, 2.75) is 46.1 Å². The highest BCUT2D eigenvalue weighted by atomic mass is 16.4. The first-order valence-electron chi connectivity index (χ1n) is 8.58. The summed E-state index contributed by atoms with van der Waals surface area (Å²) in [5.74, 6) is 1.14. The number of hydrogen-bond donors (Lipinski definition) is 2. The van der Waals surface area contributed by atoms with Gasteiger partial charge in [0.05, 0.1) is 11.4 Å². The number of carboxylic acid groups (broad SMARTS) is 1. The van der Waals surface area contributed by atoms with Crippen molar-refractivity contribution in [1.29, 1.82) is 0 Å². The van der Waals surface area contributed by atoms with Crippen LogP contribution < -0.4 is 5.32 Å². The summed E-state index contributed by atoms with van der Waals surface area (Å²) in [6.07, 6.45) is 8.82. The molecule has 0 saturated heterocycles. The number of pyridine rings is 1. The largest absolute Gasteiger partial charge is 0.478 e. The Morgan fingerprint density at radius 2 is 2.17 bits per heavy atom. The van der Waals surface area contributed by atoms with Gasteiger partial charge in [-0.15, -0.1) is 0 Å². The summed E-state index contributed by atoms with van der Waals surface area (Å²) in [4.78, 5) is 15.9. The molecule has 3 saturated carbocycles. The van der Waals surface area contributed by atoms with Crippen LogP contribution in [0.3, 0.4) is 0 Å². The average Bonchev–Trinajstić information content (AvgIpc) is 2.97. The van der Waals surface area contributed by atoms with Crippen LogP contribution in [-0.4, -0.2) is 22.1 Å². The van der Waals surface area contributed by atoms with Gasteiger partial charge < -0.3 is 10.4 Å². The minimum absolute atomic E-state index is 0.293. The van der Waals surface area contributed by atoms with Crippen molar-refractivity contribution >= 4 is 17.7 Å². The van der Waals surface area contributed by atoms with Gasteiger partial charge in [0.2, 0.25) is 0 Å². The van der Waals surface area contributed by atoms with Gasteiger partial charge >= 0.3 is 5.97 Å². The molecule has 2 N–H and O–H groups in total. The molecule has 4 nitrogen and oxygen atoms in total. The van der Waals surface area contributed by atoms with E-state index in [1.807, 2.05) is 6.08 Å². The first kappa shape index (κ1) is 14.7. The van der Waals surface area contributed by atoms with E-state index >= 15 is 0 Å². The molecule has 2 bridgehead atoms. The topological polar surface area (TPSA) is 62.2 Å². The quantitative estimate of drug-likeness (QED) is 0.890. The van der Waals surface area contributed by atoms with E-state index in [1.165, 1.54) is 12.6 Å². The fraction of sp³-hybridized carbons (Fsp3) is 0.579. The van der Waals surface area contributed by atoms with E-state index in [1.54, 1.807) is 0 Å². The fourth-order valence-electron chi connectivity index (χ4n) is 5.04. The molecule has 3 fully saturated rings. The van der Waals surface area contributed by atoms with Crippen molar-refractivity contribution < 1.29 is 9.90 Å². The maximum absolute atomic E-state index is 11.6. The van der Waals surface area contributed by atoms with E-state index in [4.69, 9.17) is 0 Å². The molecule has 4 atom stereocenters. The molecule has 1 heterocycles. The third-order valence-electron chi connectivity index (χ3n) is 6.71. The molecule has 0 aromatic carbocycles. The molecule has 0 unspecified atom stereocenters. The predicted molar refractivity (Wildman–Crippen MR) is 90.5 cm³/mol. The van der Waals surface area contributed by atoms with E-state index < -0.39 is 5.97 Å². The van der Waals surface area contributed by atoms with Crippen molar-refractivity contribution in [2.75, 3.05) is 5.32 Å². The predicted octanol–water partition coefficient (Wildman–Crippen LogP) is 3.83. The van der Waals surface area contributed by atoms with Crippen LogP contribution in [0.5, 0.6) is 0 Å². The van der Waals surface area contributed by atoms with E-state index in [9.17, 15) is 9.90 Å². The van der Waals surface area contributed by atoms with Crippen LogP contribution in [-0.2, 0) is 6.42 Å². The van der Waals surface area contributed by atoms with Gasteiger partial charge in [-0.3, -0.25) is 4.98 Å². The lowest BCUT2D eigenvalue weighted by Crippen LogP contribution is -2.58. The number of fused-ring (bicyclic) bond motifs is 3. The summed E-state index contributed by atoms with van der Waals surface area (Å²) in [6.45, 7) is 7.08. The van der Waals surface area contributed by atoms with Gasteiger partial charge in [0, 0.05) is 24.2 Å². The minimum atomic E-state index is -0.906. The maximum atomic E-state index is 11.6. The standard InChI is InChI=1S/C19H24N2O2/c1-10-14-7-11(19(14,2)3)8-16(10)21-17-12-5-4-6-15(12)20-9-13(17)18(22)23/h4-5,9-11,14,16H,6-8H2,1-3H3,(H,20,21)(H,22,23)/t10-,11-,14+,16-/m1/s1. The zero-order chi connectivity index (χ0) is 16.4. The summed E-state index contributed by atoms with van der Waals surface area (Å²) in [6, 6.07) is 0.352. The van der Waals surface area contributed by atoms with E-state index in [0.717, 1.165) is 41.6 Å². The van der Waals surface area contributed by atoms with Gasteiger partial charge in [0.1, 0.15) is 5.56 Å². The second-order valence-electron chi connectivity index (χ2n) is 8.03. The van der Waals surface area contributed by atoms with Crippen molar-refractivity contribution in [2.24, 2.45) is 23.2 Å². The van der Waals surface area contributed by atoms with Gasteiger partial charge in [-0.2, -0.15) is 0 Å². The molecule has 5 rings (SSSR count). The van der Waals surface area contributed by atoms with Crippen molar-refractivity contribution in [3.05, 3.63) is 29.1 Å².